The molecule has 5 heteroatoms. The van der Waals surface area contributed by atoms with Gasteiger partial charge in [-0.3, -0.25) is 4.79 Å². The molecule has 5 aliphatic carbocycles. The normalized spacial score (nSPS) is 56.1. The number of aliphatic hydroxyl groups is 2. The van der Waals surface area contributed by atoms with E-state index in [1.54, 1.807) is 0 Å². The van der Waals surface area contributed by atoms with E-state index in [0.717, 1.165) is 38.6 Å². The van der Waals surface area contributed by atoms with E-state index < -0.39 is 22.7 Å². The molecule has 4 N–H and O–H groups in total. The highest BCUT2D eigenvalue weighted by atomic mass is 16.3. The van der Waals surface area contributed by atoms with Crippen LogP contribution in [-0.2, 0) is 4.79 Å². The van der Waals surface area contributed by atoms with Crippen molar-refractivity contribution in [3.63, 3.8) is 0 Å². The van der Waals surface area contributed by atoms with Crippen LogP contribution < -0.4 is 5.73 Å². The van der Waals surface area contributed by atoms with E-state index in [-0.39, 0.29) is 5.91 Å². The van der Waals surface area contributed by atoms with Crippen molar-refractivity contribution in [3.05, 3.63) is 0 Å². The molecule has 5 atom stereocenters. The minimum absolute atomic E-state index is 0.0687. The summed E-state index contributed by atoms with van der Waals surface area (Å²) in [7, 11) is 0. The molecule has 4 unspecified atom stereocenters. The molecule has 5 nitrogen and oxygen atoms in total. The molecule has 1 saturated heterocycles. The average molecular weight is 306 g/mol. The van der Waals surface area contributed by atoms with E-state index in [4.69, 9.17) is 5.73 Å². The Hall–Kier alpha value is -0.650. The van der Waals surface area contributed by atoms with Gasteiger partial charge in [-0.1, -0.05) is 0 Å². The second-order valence-electron chi connectivity index (χ2n) is 9.18. The van der Waals surface area contributed by atoms with Crippen LogP contribution in [0.25, 0.3) is 0 Å². The van der Waals surface area contributed by atoms with Gasteiger partial charge in [-0.15, -0.1) is 0 Å². The highest BCUT2D eigenvalue weighted by Crippen LogP contribution is 2.64. The lowest BCUT2D eigenvalue weighted by molar-refractivity contribution is -0.234. The van der Waals surface area contributed by atoms with Crippen molar-refractivity contribution in [2.45, 2.75) is 74.7 Å². The number of rotatable bonds is 2. The van der Waals surface area contributed by atoms with Crippen molar-refractivity contribution in [1.82, 2.24) is 4.90 Å². The van der Waals surface area contributed by atoms with Gasteiger partial charge in [-0.25, -0.2) is 0 Å². The zero-order valence-corrected chi connectivity index (χ0v) is 13.0. The maximum atomic E-state index is 12.9. The molecule has 4 bridgehead atoms. The number of likely N-dealkylation sites (tertiary alicyclic amines) is 1. The molecule has 22 heavy (non-hydrogen) atoms. The van der Waals surface area contributed by atoms with Crippen LogP contribution in [0.3, 0.4) is 0 Å². The number of nitrogens with zero attached hydrogens (tertiary/aromatic N) is 1. The number of hydrogen-bond acceptors (Lipinski definition) is 4. The van der Waals surface area contributed by atoms with Crippen LogP contribution in [0.15, 0.2) is 0 Å². The van der Waals surface area contributed by atoms with Gasteiger partial charge in [-0.2, -0.15) is 0 Å². The highest BCUT2D eigenvalue weighted by molar-refractivity contribution is 5.84. The molecule has 6 aliphatic rings. The van der Waals surface area contributed by atoms with Crippen molar-refractivity contribution < 1.29 is 15.0 Å². The maximum absolute atomic E-state index is 12.9. The summed E-state index contributed by atoms with van der Waals surface area (Å²) in [5.74, 6) is 1.09. The fraction of sp³-hybridized carbons (Fsp3) is 0.941. The number of nitrogens with two attached hydrogens (primary N) is 1. The molecule has 0 aromatic carbocycles. The molecule has 1 heterocycles. The third kappa shape index (κ3) is 1.73. The maximum Gasteiger partial charge on any atom is 0.240 e. The van der Waals surface area contributed by atoms with Gasteiger partial charge in [0.1, 0.15) is 0 Å². The summed E-state index contributed by atoms with van der Waals surface area (Å²) in [5.41, 5.74) is 4.47. The minimum Gasteiger partial charge on any atom is -0.390 e. The first-order valence-corrected chi connectivity index (χ1v) is 8.82. The summed E-state index contributed by atoms with van der Waals surface area (Å²) in [6, 6.07) is -0.132. The summed E-state index contributed by atoms with van der Waals surface area (Å²) in [6.45, 7) is 0.843. The van der Waals surface area contributed by atoms with E-state index in [9.17, 15) is 15.0 Å². The molecule has 1 amide bonds. The molecule has 0 aromatic heterocycles. The third-order valence-electron chi connectivity index (χ3n) is 7.29. The van der Waals surface area contributed by atoms with Crippen molar-refractivity contribution in [1.29, 1.82) is 0 Å². The summed E-state index contributed by atoms with van der Waals surface area (Å²) in [4.78, 5) is 14.9. The molecule has 1 aliphatic heterocycles. The molecule has 0 radical (unpaired) electrons. The van der Waals surface area contributed by atoms with Crippen LogP contribution in [0.2, 0.25) is 0 Å². The van der Waals surface area contributed by atoms with Crippen LogP contribution >= 0.6 is 0 Å². The lowest BCUT2D eigenvalue weighted by Crippen LogP contribution is -2.69. The fourth-order valence-electron chi connectivity index (χ4n) is 6.87. The van der Waals surface area contributed by atoms with Crippen molar-refractivity contribution in [2.75, 3.05) is 6.54 Å². The van der Waals surface area contributed by atoms with Crippen LogP contribution in [-0.4, -0.2) is 50.9 Å². The molecule has 6 rings (SSSR count). The highest BCUT2D eigenvalue weighted by Gasteiger charge is 2.65. The Morgan fingerprint density at radius 1 is 1.14 bits per heavy atom. The summed E-state index contributed by atoms with van der Waals surface area (Å²) in [6.07, 6.45) is 6.34. The first-order valence-electron chi connectivity index (χ1n) is 8.82. The number of amides is 1. The predicted molar refractivity (Wildman–Crippen MR) is 79.7 cm³/mol. The lowest BCUT2D eigenvalue weighted by Gasteiger charge is -2.64. The zero-order chi connectivity index (χ0) is 15.3. The Morgan fingerprint density at radius 2 is 1.82 bits per heavy atom. The molecule has 122 valence electrons. The Bertz CT molecular complexity index is 532. The number of carbonyl (C=O) groups excluding carboxylic acids is 1. The van der Waals surface area contributed by atoms with Gasteiger partial charge in [0.25, 0.3) is 0 Å². The van der Waals surface area contributed by atoms with E-state index in [1.807, 2.05) is 4.90 Å². The third-order valence-corrected chi connectivity index (χ3v) is 7.29. The van der Waals surface area contributed by atoms with Crippen LogP contribution in [0, 0.1) is 17.3 Å². The van der Waals surface area contributed by atoms with Gasteiger partial charge in [0.05, 0.1) is 17.2 Å². The molecule has 0 spiro atoms. The molecule has 5 saturated carbocycles. The summed E-state index contributed by atoms with van der Waals surface area (Å²) < 4.78 is 0. The van der Waals surface area contributed by atoms with E-state index in [2.05, 4.69) is 0 Å². The molecular weight excluding hydrogens is 280 g/mol. The fourth-order valence-corrected chi connectivity index (χ4v) is 6.87. The van der Waals surface area contributed by atoms with Crippen LogP contribution in [0.4, 0.5) is 0 Å². The van der Waals surface area contributed by atoms with Crippen LogP contribution in [0.5, 0.6) is 0 Å². The number of piperidine rings is 1. The Labute approximate surface area is 130 Å². The van der Waals surface area contributed by atoms with Crippen molar-refractivity contribution in [2.24, 2.45) is 23.0 Å². The van der Waals surface area contributed by atoms with Gasteiger partial charge in [0, 0.05) is 24.4 Å². The van der Waals surface area contributed by atoms with Crippen molar-refractivity contribution >= 4 is 5.91 Å². The second kappa shape index (κ2) is 3.87. The second-order valence-corrected chi connectivity index (χ2v) is 9.18. The number of hydrogen-bond donors (Lipinski definition) is 3. The zero-order valence-electron chi connectivity index (χ0n) is 13.0. The number of carbonyl (C=O) groups is 1. The molecule has 0 aromatic rings. The van der Waals surface area contributed by atoms with Crippen molar-refractivity contribution in [3.8, 4) is 0 Å². The topological polar surface area (TPSA) is 86.8 Å². The minimum atomic E-state index is -0.806. The first-order chi connectivity index (χ1) is 10.3. The first kappa shape index (κ1) is 13.8. The SMILES string of the molecule is NC(C(=O)N1CC[C@@H]2CC21)C12CC3CC(O)(CC(O)(C3)C1)C2. The van der Waals surface area contributed by atoms with E-state index >= 15 is 0 Å². The Balaban J connectivity index is 1.45. The van der Waals surface area contributed by atoms with Gasteiger partial charge in [-0.05, 0) is 56.8 Å². The van der Waals surface area contributed by atoms with Gasteiger partial charge in [0.15, 0.2) is 0 Å². The standard InChI is InChI=1S/C17H26N2O3/c18-13(14(20)19-2-1-11-3-12(11)19)15-4-10-5-16(21,7-15)9-17(22,6-10)8-15/h10-13,21-22H,1-9,18H2/t10?,11-,12?,13?,15?,16?,17?/m1/s1. The van der Waals surface area contributed by atoms with Gasteiger partial charge < -0.3 is 20.8 Å². The molecular formula is C17H26N2O3. The van der Waals surface area contributed by atoms with E-state index in [1.165, 1.54) is 0 Å². The predicted octanol–water partition coefficient (Wildman–Crippen LogP) is 0.381. The van der Waals surface area contributed by atoms with Gasteiger partial charge >= 0.3 is 0 Å². The summed E-state index contributed by atoms with van der Waals surface area (Å²) in [5, 5.41) is 21.7. The number of fused-ring (bicyclic) bond motifs is 1. The monoisotopic (exact) mass is 306 g/mol. The van der Waals surface area contributed by atoms with E-state index in [0.29, 0.717) is 37.1 Å². The summed E-state index contributed by atoms with van der Waals surface area (Å²) >= 11 is 0. The largest absolute Gasteiger partial charge is 0.390 e. The Kier molecular flexibility index (Phi) is 2.42. The van der Waals surface area contributed by atoms with Crippen LogP contribution in [0.1, 0.15) is 51.4 Å². The quantitative estimate of drug-likeness (QED) is 0.688. The molecule has 6 fully saturated rings. The average Bonchev–Trinajstić information content (AvgIpc) is 3.04. The Morgan fingerprint density at radius 3 is 2.32 bits per heavy atom. The smallest absolute Gasteiger partial charge is 0.240 e. The lowest BCUT2D eigenvalue weighted by atomic mass is 9.44. The van der Waals surface area contributed by atoms with Gasteiger partial charge in [0.2, 0.25) is 5.91 Å².